The molecule has 0 bridgehead atoms. The van der Waals surface area contributed by atoms with Gasteiger partial charge in [-0.25, -0.2) is 4.39 Å². The monoisotopic (exact) mass is 307 g/mol. The van der Waals surface area contributed by atoms with Gasteiger partial charge in [-0.3, -0.25) is 4.79 Å². The van der Waals surface area contributed by atoms with Crippen molar-refractivity contribution in [3.05, 3.63) is 69.6 Å². The number of halogens is 3. The van der Waals surface area contributed by atoms with Gasteiger partial charge in [-0.2, -0.15) is 0 Å². The first-order chi connectivity index (χ1) is 9.58. The number of carbonyl (C=O) groups is 1. The van der Waals surface area contributed by atoms with E-state index in [9.17, 15) is 9.18 Å². The molecule has 2 aromatic carbocycles. The number of hydrogen-bond acceptors (Lipinski definition) is 1. The summed E-state index contributed by atoms with van der Waals surface area (Å²) in [4.78, 5) is 15.5. The summed E-state index contributed by atoms with van der Waals surface area (Å²) in [6.45, 7) is 0. The van der Waals surface area contributed by atoms with E-state index >= 15 is 0 Å². The Balaban J connectivity index is 2.18. The van der Waals surface area contributed by atoms with Crippen LogP contribution in [0.2, 0.25) is 10.0 Å². The fourth-order valence-electron chi connectivity index (χ4n) is 2.14. The molecule has 3 rings (SSSR count). The molecule has 0 spiro atoms. The van der Waals surface area contributed by atoms with Crippen molar-refractivity contribution in [3.8, 4) is 0 Å². The van der Waals surface area contributed by atoms with Gasteiger partial charge in [0.1, 0.15) is 5.82 Å². The average Bonchev–Trinajstić information content (AvgIpc) is 2.83. The van der Waals surface area contributed by atoms with Crippen molar-refractivity contribution in [2.24, 2.45) is 0 Å². The summed E-state index contributed by atoms with van der Waals surface area (Å²) in [5.41, 5.74) is 1.42. The number of hydrogen-bond donors (Lipinski definition) is 1. The zero-order chi connectivity index (χ0) is 14.3. The fourth-order valence-corrected chi connectivity index (χ4v) is 2.67. The summed E-state index contributed by atoms with van der Waals surface area (Å²) in [5.74, 6) is -0.780. The Morgan fingerprint density at radius 1 is 1.05 bits per heavy atom. The van der Waals surface area contributed by atoms with Gasteiger partial charge in [-0.05, 0) is 30.3 Å². The Hall–Kier alpha value is -1.84. The number of benzene rings is 2. The predicted molar refractivity (Wildman–Crippen MR) is 78.2 cm³/mol. The van der Waals surface area contributed by atoms with Crippen molar-refractivity contribution in [2.75, 3.05) is 0 Å². The second-order valence-electron chi connectivity index (χ2n) is 4.32. The van der Waals surface area contributed by atoms with Crippen molar-refractivity contribution in [3.63, 3.8) is 0 Å². The molecule has 20 heavy (non-hydrogen) atoms. The third kappa shape index (κ3) is 2.09. The first-order valence-corrected chi connectivity index (χ1v) is 6.59. The predicted octanol–water partition coefficient (Wildman–Crippen LogP) is 4.84. The molecule has 0 amide bonds. The quantitative estimate of drug-likeness (QED) is 0.675. The van der Waals surface area contributed by atoms with Crippen molar-refractivity contribution in [1.82, 2.24) is 4.98 Å². The van der Waals surface area contributed by atoms with E-state index in [-0.39, 0.29) is 16.4 Å². The van der Waals surface area contributed by atoms with Crippen molar-refractivity contribution in [1.29, 1.82) is 0 Å². The van der Waals surface area contributed by atoms with E-state index in [1.807, 2.05) is 6.07 Å². The SMILES string of the molecule is O=C(c1ccc(F)cc1Cl)c1c[nH]c2cccc(Cl)c12. The van der Waals surface area contributed by atoms with Crippen LogP contribution in [-0.2, 0) is 0 Å². The molecule has 0 radical (unpaired) electrons. The van der Waals surface area contributed by atoms with Crippen LogP contribution < -0.4 is 0 Å². The third-order valence-corrected chi connectivity index (χ3v) is 3.70. The van der Waals surface area contributed by atoms with Gasteiger partial charge in [0, 0.05) is 28.2 Å². The number of H-pyrrole nitrogens is 1. The second kappa shape index (κ2) is 4.93. The molecule has 0 atom stereocenters. The van der Waals surface area contributed by atoms with Gasteiger partial charge in [0.25, 0.3) is 0 Å². The molecular formula is C15H8Cl2FNO. The van der Waals surface area contributed by atoms with Gasteiger partial charge >= 0.3 is 0 Å². The first-order valence-electron chi connectivity index (χ1n) is 5.83. The lowest BCUT2D eigenvalue weighted by Crippen LogP contribution is -2.01. The summed E-state index contributed by atoms with van der Waals surface area (Å²) in [6.07, 6.45) is 1.58. The summed E-state index contributed by atoms with van der Waals surface area (Å²) in [7, 11) is 0. The van der Waals surface area contributed by atoms with E-state index in [1.54, 1.807) is 18.3 Å². The van der Waals surface area contributed by atoms with Gasteiger partial charge in [0.05, 0.1) is 10.0 Å². The van der Waals surface area contributed by atoms with Crippen LogP contribution in [0.15, 0.2) is 42.6 Å². The minimum absolute atomic E-state index is 0.0800. The molecule has 0 saturated heterocycles. The van der Waals surface area contributed by atoms with E-state index in [2.05, 4.69) is 4.98 Å². The summed E-state index contributed by atoms with van der Waals surface area (Å²) in [6, 6.07) is 9.02. The minimum Gasteiger partial charge on any atom is -0.360 e. The molecule has 1 heterocycles. The molecule has 0 aliphatic heterocycles. The lowest BCUT2D eigenvalue weighted by Gasteiger charge is -2.03. The number of carbonyl (C=O) groups excluding carboxylic acids is 1. The Labute approximate surface area is 124 Å². The highest BCUT2D eigenvalue weighted by atomic mass is 35.5. The highest BCUT2D eigenvalue weighted by Gasteiger charge is 2.18. The molecule has 0 fully saturated rings. The maximum atomic E-state index is 13.0. The Morgan fingerprint density at radius 2 is 1.85 bits per heavy atom. The number of rotatable bonds is 2. The highest BCUT2D eigenvalue weighted by molar-refractivity contribution is 6.39. The number of nitrogens with one attached hydrogen (secondary N) is 1. The van der Waals surface area contributed by atoms with Crippen LogP contribution >= 0.6 is 23.2 Å². The maximum absolute atomic E-state index is 13.0. The van der Waals surface area contributed by atoms with Crippen LogP contribution in [-0.4, -0.2) is 10.8 Å². The van der Waals surface area contributed by atoms with Crippen LogP contribution in [0.5, 0.6) is 0 Å². The number of fused-ring (bicyclic) bond motifs is 1. The standard InChI is InChI=1S/C15H8Cl2FNO/c16-11-2-1-3-13-14(11)10(7-19-13)15(20)9-5-4-8(18)6-12(9)17/h1-7,19H. The Bertz CT molecular complexity index is 826. The minimum atomic E-state index is -0.483. The van der Waals surface area contributed by atoms with Crippen LogP contribution in [0.1, 0.15) is 15.9 Å². The molecule has 3 aromatic rings. The van der Waals surface area contributed by atoms with E-state index < -0.39 is 5.82 Å². The van der Waals surface area contributed by atoms with E-state index in [0.29, 0.717) is 16.0 Å². The molecule has 0 aliphatic rings. The topological polar surface area (TPSA) is 32.9 Å². The van der Waals surface area contributed by atoms with Crippen LogP contribution in [0, 0.1) is 5.82 Å². The van der Waals surface area contributed by atoms with Crippen LogP contribution in [0.3, 0.4) is 0 Å². The van der Waals surface area contributed by atoms with E-state index in [0.717, 1.165) is 11.6 Å². The van der Waals surface area contributed by atoms with Crippen molar-refractivity contribution < 1.29 is 9.18 Å². The van der Waals surface area contributed by atoms with Gasteiger partial charge in [-0.1, -0.05) is 29.3 Å². The third-order valence-electron chi connectivity index (χ3n) is 3.08. The zero-order valence-corrected chi connectivity index (χ0v) is 11.6. The van der Waals surface area contributed by atoms with E-state index in [4.69, 9.17) is 23.2 Å². The smallest absolute Gasteiger partial charge is 0.196 e. The molecule has 0 saturated carbocycles. The molecule has 0 aliphatic carbocycles. The van der Waals surface area contributed by atoms with Gasteiger partial charge in [0.15, 0.2) is 5.78 Å². The molecule has 0 unspecified atom stereocenters. The van der Waals surface area contributed by atoms with Gasteiger partial charge in [-0.15, -0.1) is 0 Å². The molecule has 5 heteroatoms. The molecule has 100 valence electrons. The average molecular weight is 308 g/mol. The van der Waals surface area contributed by atoms with Crippen molar-refractivity contribution >= 4 is 39.9 Å². The summed E-state index contributed by atoms with van der Waals surface area (Å²) < 4.78 is 13.0. The lowest BCUT2D eigenvalue weighted by molar-refractivity contribution is 0.104. The van der Waals surface area contributed by atoms with Gasteiger partial charge in [0.2, 0.25) is 0 Å². The van der Waals surface area contributed by atoms with E-state index in [1.165, 1.54) is 12.1 Å². The Morgan fingerprint density at radius 3 is 2.60 bits per heavy atom. The molecular weight excluding hydrogens is 300 g/mol. The zero-order valence-electron chi connectivity index (χ0n) is 10.1. The largest absolute Gasteiger partial charge is 0.360 e. The number of aromatic nitrogens is 1. The van der Waals surface area contributed by atoms with Crippen molar-refractivity contribution in [2.45, 2.75) is 0 Å². The maximum Gasteiger partial charge on any atom is 0.196 e. The fraction of sp³-hybridized carbons (Fsp3) is 0. The first kappa shape index (κ1) is 13.2. The number of ketones is 1. The summed E-state index contributed by atoms with van der Waals surface area (Å²) >= 11 is 12.1. The summed E-state index contributed by atoms with van der Waals surface area (Å²) in [5, 5.41) is 1.20. The van der Waals surface area contributed by atoms with Crippen LogP contribution in [0.4, 0.5) is 4.39 Å². The highest BCUT2D eigenvalue weighted by Crippen LogP contribution is 2.29. The second-order valence-corrected chi connectivity index (χ2v) is 5.13. The van der Waals surface area contributed by atoms with Crippen LogP contribution in [0.25, 0.3) is 10.9 Å². The molecule has 1 aromatic heterocycles. The molecule has 2 nitrogen and oxygen atoms in total. The number of aromatic amines is 1. The normalized spacial score (nSPS) is 10.9. The lowest BCUT2D eigenvalue weighted by atomic mass is 10.0. The molecule has 1 N–H and O–H groups in total. The Kier molecular flexibility index (Phi) is 3.24. The van der Waals surface area contributed by atoms with Gasteiger partial charge < -0.3 is 4.98 Å².